The van der Waals surface area contributed by atoms with Gasteiger partial charge in [0.05, 0.1) is 17.6 Å². The van der Waals surface area contributed by atoms with Crippen LogP contribution in [0.2, 0.25) is 5.28 Å². The lowest BCUT2D eigenvalue weighted by Gasteiger charge is -2.08. The lowest BCUT2D eigenvalue weighted by Crippen LogP contribution is -2.09. The van der Waals surface area contributed by atoms with E-state index in [4.69, 9.17) is 21.4 Å². The van der Waals surface area contributed by atoms with Crippen molar-refractivity contribution in [3.63, 3.8) is 0 Å². The number of fused-ring (bicyclic) bond motifs is 1. The van der Waals surface area contributed by atoms with E-state index in [1.54, 1.807) is 12.3 Å². The monoisotopic (exact) mass is 343 g/mol. The first kappa shape index (κ1) is 16.4. The first-order valence-electron chi connectivity index (χ1n) is 6.60. The number of anilines is 1. The maximum Gasteiger partial charge on any atom is 0.339 e. The van der Waals surface area contributed by atoms with E-state index in [2.05, 4.69) is 15.3 Å². The van der Waals surface area contributed by atoms with Gasteiger partial charge in [-0.2, -0.15) is 0 Å². The van der Waals surface area contributed by atoms with Crippen LogP contribution in [-0.2, 0) is 9.53 Å². The van der Waals surface area contributed by atoms with Crippen LogP contribution in [0.1, 0.15) is 30.1 Å². The van der Waals surface area contributed by atoms with E-state index in [0.717, 1.165) is 0 Å². The van der Waals surface area contributed by atoms with Gasteiger partial charge in [0.25, 0.3) is 0 Å². The van der Waals surface area contributed by atoms with E-state index in [1.165, 1.54) is 11.3 Å². The van der Waals surface area contributed by atoms with Gasteiger partial charge in [-0.3, -0.25) is 4.79 Å². The van der Waals surface area contributed by atoms with Crippen LogP contribution >= 0.6 is 22.9 Å². The van der Waals surface area contributed by atoms with Crippen molar-refractivity contribution in [2.24, 2.45) is 0 Å². The molecule has 118 valence electrons. The maximum atomic E-state index is 12.0. The number of carboxylic acid groups (broad SMARTS) is 1. The van der Waals surface area contributed by atoms with Crippen LogP contribution in [0.4, 0.5) is 5.82 Å². The summed E-state index contributed by atoms with van der Waals surface area (Å²) < 4.78 is 5.01. The number of aliphatic carboxylic acids is 1. The molecule has 7 nitrogen and oxygen atoms in total. The Bertz CT molecular complexity index is 704. The first-order chi connectivity index (χ1) is 10.5. The molecule has 0 fully saturated rings. The third kappa shape index (κ3) is 3.83. The van der Waals surface area contributed by atoms with Gasteiger partial charge < -0.3 is 15.2 Å². The standard InChI is InChI=1S/C13H14ClN3O4S/c1-2-21-12(20)7-6-22-11-9(7)10(16-13(14)17-11)15-5-3-4-8(18)19/h6H,2-5H2,1H3,(H,18,19)(H,15,16,17). The van der Waals surface area contributed by atoms with E-state index in [0.29, 0.717) is 34.6 Å². The Morgan fingerprint density at radius 3 is 2.91 bits per heavy atom. The normalized spacial score (nSPS) is 10.6. The lowest BCUT2D eigenvalue weighted by atomic mass is 10.2. The third-order valence-electron chi connectivity index (χ3n) is 2.76. The van der Waals surface area contributed by atoms with E-state index in [1.807, 2.05) is 0 Å². The fraction of sp³-hybridized carbons (Fsp3) is 0.385. The Kier molecular flexibility index (Phi) is 5.51. The highest BCUT2D eigenvalue weighted by Gasteiger charge is 2.19. The molecule has 0 bridgehead atoms. The van der Waals surface area contributed by atoms with Crippen LogP contribution < -0.4 is 5.32 Å². The molecule has 2 rings (SSSR count). The molecule has 2 aromatic heterocycles. The van der Waals surface area contributed by atoms with Gasteiger partial charge in [-0.25, -0.2) is 14.8 Å². The summed E-state index contributed by atoms with van der Waals surface area (Å²) in [5.41, 5.74) is 0.374. The summed E-state index contributed by atoms with van der Waals surface area (Å²) in [5.74, 6) is -0.909. The van der Waals surface area contributed by atoms with Gasteiger partial charge in [0.2, 0.25) is 5.28 Å². The van der Waals surface area contributed by atoms with Crippen molar-refractivity contribution in [3.05, 3.63) is 16.2 Å². The molecule has 0 aliphatic heterocycles. The molecular weight excluding hydrogens is 330 g/mol. The highest BCUT2D eigenvalue weighted by atomic mass is 35.5. The molecule has 0 unspecified atom stereocenters. The lowest BCUT2D eigenvalue weighted by molar-refractivity contribution is -0.137. The summed E-state index contributed by atoms with van der Waals surface area (Å²) >= 11 is 7.14. The second kappa shape index (κ2) is 7.37. The number of hydrogen-bond acceptors (Lipinski definition) is 7. The minimum atomic E-state index is -0.865. The van der Waals surface area contributed by atoms with Crippen molar-refractivity contribution >= 4 is 50.9 Å². The number of carbonyl (C=O) groups is 2. The molecule has 0 aromatic carbocycles. The molecule has 9 heteroatoms. The average Bonchev–Trinajstić information content (AvgIpc) is 2.87. The van der Waals surface area contributed by atoms with E-state index in [-0.39, 0.29) is 18.3 Å². The van der Waals surface area contributed by atoms with Crippen molar-refractivity contribution in [3.8, 4) is 0 Å². The van der Waals surface area contributed by atoms with Gasteiger partial charge >= 0.3 is 11.9 Å². The van der Waals surface area contributed by atoms with Crippen molar-refractivity contribution in [2.75, 3.05) is 18.5 Å². The number of esters is 1. The maximum absolute atomic E-state index is 12.0. The fourth-order valence-electron chi connectivity index (χ4n) is 1.85. The number of nitrogens with one attached hydrogen (secondary N) is 1. The number of thiophene rings is 1. The molecule has 0 saturated carbocycles. The number of carbonyl (C=O) groups excluding carboxylic acids is 1. The number of rotatable bonds is 7. The molecule has 0 spiro atoms. The topological polar surface area (TPSA) is 101 Å². The van der Waals surface area contributed by atoms with E-state index < -0.39 is 11.9 Å². The van der Waals surface area contributed by atoms with Crippen LogP contribution in [0.15, 0.2) is 5.38 Å². The number of aromatic nitrogens is 2. The Labute approximate surface area is 135 Å². The quantitative estimate of drug-likeness (QED) is 0.452. The molecule has 0 radical (unpaired) electrons. The number of hydrogen-bond donors (Lipinski definition) is 2. The number of carboxylic acids is 1. The second-order valence-electron chi connectivity index (χ2n) is 4.32. The number of nitrogens with zero attached hydrogens (tertiary/aromatic N) is 2. The molecule has 0 aliphatic rings. The van der Waals surface area contributed by atoms with Gasteiger partial charge in [-0.15, -0.1) is 11.3 Å². The fourth-order valence-corrected chi connectivity index (χ4v) is 2.98. The Balaban J connectivity index is 2.28. The van der Waals surface area contributed by atoms with Crippen molar-refractivity contribution < 1.29 is 19.4 Å². The molecule has 22 heavy (non-hydrogen) atoms. The Hall–Kier alpha value is -1.93. The largest absolute Gasteiger partial charge is 0.481 e. The van der Waals surface area contributed by atoms with Crippen LogP contribution in [0.5, 0.6) is 0 Å². The van der Waals surface area contributed by atoms with E-state index >= 15 is 0 Å². The predicted octanol–water partition coefficient (Wildman–Crippen LogP) is 2.80. The zero-order valence-electron chi connectivity index (χ0n) is 11.8. The molecule has 0 saturated heterocycles. The predicted molar refractivity (Wildman–Crippen MR) is 83.7 cm³/mol. The second-order valence-corrected chi connectivity index (χ2v) is 5.51. The van der Waals surface area contributed by atoms with Gasteiger partial charge in [-0.05, 0) is 24.9 Å². The Morgan fingerprint density at radius 2 is 2.23 bits per heavy atom. The molecule has 2 aromatic rings. The summed E-state index contributed by atoms with van der Waals surface area (Å²) in [7, 11) is 0. The summed E-state index contributed by atoms with van der Waals surface area (Å²) in [6, 6.07) is 0. The summed E-state index contributed by atoms with van der Waals surface area (Å²) in [5, 5.41) is 13.9. The van der Waals surface area contributed by atoms with Crippen molar-refractivity contribution in [1.82, 2.24) is 9.97 Å². The smallest absolute Gasteiger partial charge is 0.339 e. The zero-order chi connectivity index (χ0) is 16.1. The number of halogens is 1. The van der Waals surface area contributed by atoms with E-state index in [9.17, 15) is 9.59 Å². The molecule has 0 aliphatic carbocycles. The highest BCUT2D eigenvalue weighted by Crippen LogP contribution is 2.31. The van der Waals surface area contributed by atoms with Gasteiger partial charge in [-0.1, -0.05) is 0 Å². The van der Waals surface area contributed by atoms with Crippen LogP contribution in [0.25, 0.3) is 10.2 Å². The molecule has 2 N–H and O–H groups in total. The van der Waals surface area contributed by atoms with Crippen LogP contribution in [0, 0.1) is 0 Å². The Morgan fingerprint density at radius 1 is 1.45 bits per heavy atom. The van der Waals surface area contributed by atoms with Crippen LogP contribution in [0.3, 0.4) is 0 Å². The average molecular weight is 344 g/mol. The third-order valence-corrected chi connectivity index (χ3v) is 3.80. The molecule has 2 heterocycles. The SMILES string of the molecule is CCOC(=O)c1csc2nc(Cl)nc(NCCCC(=O)O)c12. The van der Waals surface area contributed by atoms with Crippen molar-refractivity contribution in [2.45, 2.75) is 19.8 Å². The van der Waals surface area contributed by atoms with Gasteiger partial charge in [0.1, 0.15) is 10.6 Å². The van der Waals surface area contributed by atoms with Crippen molar-refractivity contribution in [1.29, 1.82) is 0 Å². The minimum absolute atomic E-state index is 0.0450. The molecular formula is C13H14ClN3O4S. The first-order valence-corrected chi connectivity index (χ1v) is 7.86. The summed E-state index contributed by atoms with van der Waals surface area (Å²) in [6.45, 7) is 2.39. The number of ether oxygens (including phenoxy) is 1. The zero-order valence-corrected chi connectivity index (χ0v) is 13.3. The summed E-state index contributed by atoms with van der Waals surface area (Å²) in [6.07, 6.45) is 0.473. The minimum Gasteiger partial charge on any atom is -0.481 e. The highest BCUT2D eigenvalue weighted by molar-refractivity contribution is 7.17. The molecule has 0 atom stereocenters. The summed E-state index contributed by atoms with van der Waals surface area (Å²) in [4.78, 5) is 31.2. The van der Waals surface area contributed by atoms with Crippen LogP contribution in [-0.4, -0.2) is 40.2 Å². The van der Waals surface area contributed by atoms with Gasteiger partial charge in [0, 0.05) is 18.3 Å². The van der Waals surface area contributed by atoms with Gasteiger partial charge in [0.15, 0.2) is 0 Å². The molecule has 0 amide bonds.